The first-order valence-corrected chi connectivity index (χ1v) is 13.6. The number of thiazole rings is 1. The number of carbonyl (C=O) groups is 1. The van der Waals surface area contributed by atoms with Crippen LogP contribution in [0.5, 0.6) is 5.75 Å². The highest BCUT2D eigenvalue weighted by atomic mass is 32.2. The van der Waals surface area contributed by atoms with E-state index in [0.717, 1.165) is 21.3 Å². The van der Waals surface area contributed by atoms with Crippen molar-refractivity contribution in [1.82, 2.24) is 4.98 Å². The first kappa shape index (κ1) is 23.9. The lowest BCUT2D eigenvalue weighted by molar-refractivity contribution is -0.118. The second-order valence-electron chi connectivity index (χ2n) is 7.72. The van der Waals surface area contributed by atoms with Gasteiger partial charge in [-0.25, -0.2) is 13.4 Å². The summed E-state index contributed by atoms with van der Waals surface area (Å²) in [5.41, 5.74) is 2.48. The third-order valence-corrected chi connectivity index (χ3v) is 8.20. The molecule has 0 aliphatic carbocycles. The molecule has 0 atom stereocenters. The Morgan fingerprint density at radius 2 is 1.68 bits per heavy atom. The molecule has 0 aliphatic rings. The van der Waals surface area contributed by atoms with Gasteiger partial charge >= 0.3 is 0 Å². The fraction of sp³-hybridized carbons (Fsp3) is 0.231. The Kier molecular flexibility index (Phi) is 7.29. The molecule has 6 nitrogen and oxygen atoms in total. The van der Waals surface area contributed by atoms with Crippen molar-refractivity contribution >= 4 is 42.4 Å². The predicted molar refractivity (Wildman–Crippen MR) is 136 cm³/mol. The second kappa shape index (κ2) is 10.4. The summed E-state index contributed by atoms with van der Waals surface area (Å²) < 4.78 is 30.9. The average molecular weight is 495 g/mol. The van der Waals surface area contributed by atoms with Gasteiger partial charge in [-0.15, -0.1) is 0 Å². The molecule has 1 aromatic heterocycles. The van der Waals surface area contributed by atoms with Crippen molar-refractivity contribution in [3.05, 3.63) is 83.9 Å². The van der Waals surface area contributed by atoms with Crippen LogP contribution in [0.1, 0.15) is 25.0 Å². The van der Waals surface area contributed by atoms with Gasteiger partial charge in [0.25, 0.3) is 0 Å². The lowest BCUT2D eigenvalue weighted by atomic mass is 10.1. The van der Waals surface area contributed by atoms with Crippen LogP contribution in [0.4, 0.5) is 5.13 Å². The summed E-state index contributed by atoms with van der Waals surface area (Å²) in [6.45, 7) is 4.45. The second-order valence-corrected chi connectivity index (χ2v) is 11.0. The van der Waals surface area contributed by atoms with Crippen molar-refractivity contribution < 1.29 is 17.9 Å². The third-order valence-electron chi connectivity index (χ3n) is 5.40. The summed E-state index contributed by atoms with van der Waals surface area (Å²) in [4.78, 5) is 20.2. The van der Waals surface area contributed by atoms with Gasteiger partial charge in [0.2, 0.25) is 5.91 Å². The van der Waals surface area contributed by atoms with Crippen molar-refractivity contribution in [1.29, 1.82) is 0 Å². The van der Waals surface area contributed by atoms with Crippen molar-refractivity contribution in [3.8, 4) is 5.75 Å². The van der Waals surface area contributed by atoms with Gasteiger partial charge in [-0.3, -0.25) is 9.69 Å². The van der Waals surface area contributed by atoms with Crippen LogP contribution < -0.4 is 9.64 Å². The minimum atomic E-state index is -3.28. The van der Waals surface area contributed by atoms with Gasteiger partial charge < -0.3 is 4.74 Å². The topological polar surface area (TPSA) is 76.6 Å². The maximum Gasteiger partial charge on any atom is 0.233 e. The van der Waals surface area contributed by atoms with Crippen LogP contribution in [-0.2, 0) is 27.6 Å². The number of fused-ring (bicyclic) bond motifs is 1. The summed E-state index contributed by atoms with van der Waals surface area (Å²) in [6, 6.07) is 22.1. The average Bonchev–Trinajstić information content (AvgIpc) is 3.28. The number of para-hydroxylation sites is 1. The largest absolute Gasteiger partial charge is 0.492 e. The number of nitrogens with zero attached hydrogens (tertiary/aromatic N) is 2. The molecule has 8 heteroatoms. The van der Waals surface area contributed by atoms with Crippen LogP contribution in [0.25, 0.3) is 10.2 Å². The molecule has 4 rings (SSSR count). The predicted octanol–water partition coefficient (Wildman–Crippen LogP) is 5.26. The molecular formula is C26H26N2O4S2. The van der Waals surface area contributed by atoms with Crippen LogP contribution in [0.15, 0.2) is 77.7 Å². The zero-order valence-corrected chi connectivity index (χ0v) is 20.7. The van der Waals surface area contributed by atoms with E-state index in [-0.39, 0.29) is 23.0 Å². The summed E-state index contributed by atoms with van der Waals surface area (Å²) in [5, 5.41) is 0.598. The summed E-state index contributed by atoms with van der Waals surface area (Å²) in [7, 11) is -3.28. The normalized spacial score (nSPS) is 11.5. The molecule has 0 radical (unpaired) electrons. The minimum Gasteiger partial charge on any atom is -0.492 e. The molecule has 0 unspecified atom stereocenters. The zero-order valence-electron chi connectivity index (χ0n) is 19.1. The summed E-state index contributed by atoms with van der Waals surface area (Å²) in [6.07, 6.45) is 0.132. The van der Waals surface area contributed by atoms with Crippen LogP contribution in [-0.4, -0.2) is 31.7 Å². The maximum absolute atomic E-state index is 13.5. The lowest BCUT2D eigenvalue weighted by Crippen LogP contribution is -2.31. The number of hydrogen-bond donors (Lipinski definition) is 0. The molecular weight excluding hydrogens is 468 g/mol. The fourth-order valence-electron chi connectivity index (χ4n) is 3.58. The number of amides is 1. The molecule has 0 N–H and O–H groups in total. The van der Waals surface area contributed by atoms with Crippen LogP contribution in [0, 0.1) is 0 Å². The van der Waals surface area contributed by atoms with E-state index in [1.165, 1.54) is 11.3 Å². The minimum absolute atomic E-state index is 0.0392. The van der Waals surface area contributed by atoms with E-state index in [4.69, 9.17) is 9.72 Å². The molecule has 0 spiro atoms. The molecule has 0 bridgehead atoms. The van der Waals surface area contributed by atoms with E-state index >= 15 is 0 Å². The summed E-state index contributed by atoms with van der Waals surface area (Å²) >= 11 is 1.45. The first-order valence-electron chi connectivity index (χ1n) is 11.1. The third kappa shape index (κ3) is 5.29. The van der Waals surface area contributed by atoms with Gasteiger partial charge in [0.15, 0.2) is 15.0 Å². The van der Waals surface area contributed by atoms with Crippen LogP contribution >= 0.6 is 11.3 Å². The standard InChI is InChI=1S/C26H26N2O4S2/c1-3-32-22-11-8-12-23-25(22)27-26(33-23)28(18-20-9-6-5-7-10-20)24(29)17-19-13-15-21(16-14-19)34(30,31)4-2/h5-16H,3-4,17-18H2,1-2H3. The fourth-order valence-corrected chi connectivity index (χ4v) is 5.46. The Morgan fingerprint density at radius 3 is 2.35 bits per heavy atom. The Balaban J connectivity index is 1.66. The molecule has 176 valence electrons. The number of hydrogen-bond acceptors (Lipinski definition) is 6. The van der Waals surface area contributed by atoms with E-state index in [1.807, 2.05) is 55.5 Å². The van der Waals surface area contributed by atoms with Gasteiger partial charge in [-0.2, -0.15) is 0 Å². The van der Waals surface area contributed by atoms with E-state index in [1.54, 1.807) is 36.1 Å². The number of sulfone groups is 1. The molecule has 1 amide bonds. The SMILES string of the molecule is CCOc1cccc2sc(N(Cc3ccccc3)C(=O)Cc3ccc(S(=O)(=O)CC)cc3)nc12. The van der Waals surface area contributed by atoms with E-state index in [0.29, 0.717) is 24.0 Å². The van der Waals surface area contributed by atoms with Gasteiger partial charge in [-0.05, 0) is 42.3 Å². The molecule has 1 heterocycles. The van der Waals surface area contributed by atoms with Gasteiger partial charge in [0.05, 0.1) is 34.9 Å². The highest BCUT2D eigenvalue weighted by molar-refractivity contribution is 7.91. The quantitative estimate of drug-likeness (QED) is 0.317. The Bertz CT molecular complexity index is 1380. The van der Waals surface area contributed by atoms with E-state index < -0.39 is 9.84 Å². The molecule has 0 saturated carbocycles. The number of rotatable bonds is 9. The molecule has 4 aromatic rings. The number of ether oxygens (including phenoxy) is 1. The number of benzene rings is 3. The highest BCUT2D eigenvalue weighted by Crippen LogP contribution is 2.35. The number of anilines is 1. The summed E-state index contributed by atoms with van der Waals surface area (Å²) in [5.74, 6) is 0.617. The monoisotopic (exact) mass is 494 g/mol. The van der Waals surface area contributed by atoms with Crippen LogP contribution in [0.2, 0.25) is 0 Å². The van der Waals surface area contributed by atoms with Gasteiger partial charge in [0.1, 0.15) is 11.3 Å². The maximum atomic E-state index is 13.5. The van der Waals surface area contributed by atoms with E-state index in [2.05, 4.69) is 0 Å². The zero-order chi connectivity index (χ0) is 24.1. The number of aromatic nitrogens is 1. The Labute approximate surface area is 203 Å². The smallest absolute Gasteiger partial charge is 0.233 e. The Morgan fingerprint density at radius 1 is 0.941 bits per heavy atom. The molecule has 0 saturated heterocycles. The van der Waals surface area contributed by atoms with E-state index in [9.17, 15) is 13.2 Å². The highest BCUT2D eigenvalue weighted by Gasteiger charge is 2.22. The van der Waals surface area contributed by atoms with Crippen molar-refractivity contribution in [2.75, 3.05) is 17.3 Å². The Hall–Kier alpha value is -3.23. The molecule has 34 heavy (non-hydrogen) atoms. The van der Waals surface area contributed by atoms with Crippen LogP contribution in [0.3, 0.4) is 0 Å². The van der Waals surface area contributed by atoms with Gasteiger partial charge in [-0.1, -0.05) is 66.8 Å². The van der Waals surface area contributed by atoms with Crippen molar-refractivity contribution in [2.45, 2.75) is 31.7 Å². The molecule has 0 aliphatic heterocycles. The van der Waals surface area contributed by atoms with Crippen molar-refractivity contribution in [3.63, 3.8) is 0 Å². The van der Waals surface area contributed by atoms with Gasteiger partial charge in [0, 0.05) is 0 Å². The lowest BCUT2D eigenvalue weighted by Gasteiger charge is -2.20. The number of carbonyl (C=O) groups excluding carboxylic acids is 1. The van der Waals surface area contributed by atoms with Crippen molar-refractivity contribution in [2.24, 2.45) is 0 Å². The molecule has 3 aromatic carbocycles. The first-order chi connectivity index (χ1) is 16.4. The molecule has 0 fully saturated rings.